The number of nitrogens with one attached hydrogen (secondary N) is 1. The molecule has 8 nitrogen and oxygen atoms in total. The first kappa shape index (κ1) is 21.5. The summed E-state index contributed by atoms with van der Waals surface area (Å²) >= 11 is 0. The lowest BCUT2D eigenvalue weighted by atomic mass is 10.3. The molecule has 1 amide bonds. The fourth-order valence-electron chi connectivity index (χ4n) is 3.30. The summed E-state index contributed by atoms with van der Waals surface area (Å²) in [5.74, 6) is -1.08. The van der Waals surface area contributed by atoms with E-state index in [2.05, 4.69) is 10.3 Å². The van der Waals surface area contributed by atoms with Gasteiger partial charge in [0, 0.05) is 18.8 Å². The van der Waals surface area contributed by atoms with Gasteiger partial charge in [-0.2, -0.15) is 0 Å². The van der Waals surface area contributed by atoms with E-state index in [9.17, 15) is 18.8 Å². The molecule has 0 fully saturated rings. The van der Waals surface area contributed by atoms with E-state index < -0.39 is 29.5 Å². The second kappa shape index (κ2) is 9.51. The molecule has 9 heteroatoms. The van der Waals surface area contributed by atoms with Gasteiger partial charge in [-0.3, -0.25) is 14.2 Å². The molecule has 0 spiro atoms. The van der Waals surface area contributed by atoms with Gasteiger partial charge in [0.2, 0.25) is 5.91 Å². The van der Waals surface area contributed by atoms with E-state index in [1.807, 2.05) is 13.8 Å². The first-order chi connectivity index (χ1) is 14.5. The second-order valence-corrected chi connectivity index (χ2v) is 7.20. The van der Waals surface area contributed by atoms with Crippen LogP contribution < -0.4 is 16.6 Å². The second-order valence-electron chi connectivity index (χ2n) is 7.20. The normalized spacial score (nSPS) is 11.2. The van der Waals surface area contributed by atoms with Crippen LogP contribution in [0.5, 0.6) is 0 Å². The Morgan fingerprint density at radius 1 is 1.10 bits per heavy atom. The molecule has 0 aliphatic rings. The van der Waals surface area contributed by atoms with E-state index in [0.717, 1.165) is 30.3 Å². The minimum atomic E-state index is -0.583. The lowest BCUT2D eigenvalue weighted by Gasteiger charge is -2.12. The monoisotopic (exact) mass is 415 g/mol. The standard InChI is InChI=1S/C21H26FN5O3/c1-3-5-10-25-14-23-19-18(25)20(29)27(21(30)26(19)11-6-4-2)13-17(28)24-16-9-7-8-15(22)12-16/h7-9,12,14H,3-6,10-11,13H2,1-2H3,(H,24,28). The molecule has 0 unspecified atom stereocenters. The molecule has 0 atom stereocenters. The van der Waals surface area contributed by atoms with Crippen LogP contribution in [0.15, 0.2) is 40.2 Å². The first-order valence-corrected chi connectivity index (χ1v) is 10.2. The van der Waals surface area contributed by atoms with Crippen molar-refractivity contribution in [1.29, 1.82) is 0 Å². The molecule has 0 aliphatic heterocycles. The number of amides is 1. The van der Waals surface area contributed by atoms with Gasteiger partial charge in [0.05, 0.1) is 6.33 Å². The van der Waals surface area contributed by atoms with Crippen molar-refractivity contribution >= 4 is 22.8 Å². The zero-order chi connectivity index (χ0) is 21.7. The van der Waals surface area contributed by atoms with Crippen molar-refractivity contribution in [3.8, 4) is 0 Å². The highest BCUT2D eigenvalue weighted by atomic mass is 19.1. The number of unbranched alkanes of at least 4 members (excludes halogenated alkanes) is 2. The molecule has 3 aromatic rings. The minimum Gasteiger partial charge on any atom is -0.325 e. The third kappa shape index (κ3) is 4.50. The van der Waals surface area contributed by atoms with Gasteiger partial charge in [0.25, 0.3) is 5.56 Å². The average molecular weight is 415 g/mol. The maximum Gasteiger partial charge on any atom is 0.333 e. The molecule has 2 heterocycles. The Labute approximate surface area is 173 Å². The van der Waals surface area contributed by atoms with Crippen LogP contribution in [0.2, 0.25) is 0 Å². The summed E-state index contributed by atoms with van der Waals surface area (Å²) < 4.78 is 17.5. The van der Waals surface area contributed by atoms with E-state index in [1.165, 1.54) is 28.8 Å². The lowest BCUT2D eigenvalue weighted by Crippen LogP contribution is -2.43. The number of anilines is 1. The summed E-state index contributed by atoms with van der Waals surface area (Å²) in [7, 11) is 0. The van der Waals surface area contributed by atoms with E-state index in [-0.39, 0.29) is 5.69 Å². The number of halogens is 1. The van der Waals surface area contributed by atoms with Crippen LogP contribution >= 0.6 is 0 Å². The third-order valence-corrected chi connectivity index (χ3v) is 4.88. The number of benzene rings is 1. The van der Waals surface area contributed by atoms with E-state index in [1.54, 1.807) is 10.9 Å². The molecule has 3 rings (SSSR count). The zero-order valence-electron chi connectivity index (χ0n) is 17.2. The van der Waals surface area contributed by atoms with Crippen molar-refractivity contribution in [1.82, 2.24) is 18.7 Å². The molecule has 1 N–H and O–H groups in total. The SMILES string of the molecule is CCCCn1cnc2c1c(=O)n(CC(=O)Nc1cccc(F)c1)c(=O)n2CCCC. The molecule has 0 saturated carbocycles. The highest BCUT2D eigenvalue weighted by molar-refractivity contribution is 5.90. The van der Waals surface area contributed by atoms with Crippen molar-refractivity contribution in [2.45, 2.75) is 59.2 Å². The first-order valence-electron chi connectivity index (χ1n) is 10.2. The minimum absolute atomic E-state index is 0.258. The molecular formula is C21H26FN5O3. The van der Waals surface area contributed by atoms with Crippen LogP contribution in [0.4, 0.5) is 10.1 Å². The number of carbonyl (C=O) groups excluding carboxylic acids is 1. The molecule has 30 heavy (non-hydrogen) atoms. The van der Waals surface area contributed by atoms with Gasteiger partial charge >= 0.3 is 5.69 Å². The van der Waals surface area contributed by atoms with Gasteiger partial charge < -0.3 is 9.88 Å². The number of fused-ring (bicyclic) bond motifs is 1. The number of carbonyl (C=O) groups is 1. The Morgan fingerprint density at radius 2 is 1.83 bits per heavy atom. The van der Waals surface area contributed by atoms with Gasteiger partial charge in [-0.15, -0.1) is 0 Å². The van der Waals surface area contributed by atoms with Gasteiger partial charge in [-0.05, 0) is 31.0 Å². The lowest BCUT2D eigenvalue weighted by molar-refractivity contribution is -0.116. The largest absolute Gasteiger partial charge is 0.333 e. The quantitative estimate of drug-likeness (QED) is 0.582. The summed E-state index contributed by atoms with van der Waals surface area (Å²) in [6, 6.07) is 5.43. The Bertz CT molecular complexity index is 1160. The Kier molecular flexibility index (Phi) is 6.81. The number of aromatic nitrogens is 4. The summed E-state index contributed by atoms with van der Waals surface area (Å²) in [5, 5.41) is 2.53. The molecule has 0 saturated heterocycles. The fourth-order valence-corrected chi connectivity index (χ4v) is 3.30. The van der Waals surface area contributed by atoms with Crippen molar-refractivity contribution in [3.05, 3.63) is 57.2 Å². The van der Waals surface area contributed by atoms with Gasteiger partial charge in [0.15, 0.2) is 11.2 Å². The van der Waals surface area contributed by atoms with Crippen LogP contribution in [-0.4, -0.2) is 24.6 Å². The van der Waals surface area contributed by atoms with Gasteiger partial charge in [0.1, 0.15) is 12.4 Å². The molecule has 0 bridgehead atoms. The van der Waals surface area contributed by atoms with E-state index in [0.29, 0.717) is 24.3 Å². The zero-order valence-corrected chi connectivity index (χ0v) is 17.2. The molecule has 1 aromatic carbocycles. The van der Waals surface area contributed by atoms with Crippen molar-refractivity contribution in [2.75, 3.05) is 5.32 Å². The smallest absolute Gasteiger partial charge is 0.325 e. The third-order valence-electron chi connectivity index (χ3n) is 4.88. The maximum atomic E-state index is 13.4. The summed E-state index contributed by atoms with van der Waals surface area (Å²) in [4.78, 5) is 42.9. The predicted octanol–water partition coefficient (Wildman–Crippen LogP) is 2.74. The Balaban J connectivity index is 2.02. The predicted molar refractivity (Wildman–Crippen MR) is 113 cm³/mol. The molecule has 160 valence electrons. The number of nitrogens with zero attached hydrogens (tertiary/aromatic N) is 4. The van der Waals surface area contributed by atoms with Gasteiger partial charge in [-0.1, -0.05) is 32.8 Å². The number of rotatable bonds is 9. The number of aryl methyl sites for hydroxylation is 2. The number of hydrogen-bond donors (Lipinski definition) is 1. The van der Waals surface area contributed by atoms with Crippen LogP contribution in [0.25, 0.3) is 11.2 Å². The molecular weight excluding hydrogens is 389 g/mol. The van der Waals surface area contributed by atoms with Crippen LogP contribution in [-0.2, 0) is 24.4 Å². The van der Waals surface area contributed by atoms with Crippen LogP contribution in [0, 0.1) is 5.82 Å². The van der Waals surface area contributed by atoms with Crippen molar-refractivity contribution < 1.29 is 9.18 Å². The molecule has 0 aliphatic carbocycles. The van der Waals surface area contributed by atoms with Crippen LogP contribution in [0.3, 0.4) is 0 Å². The maximum absolute atomic E-state index is 13.4. The topological polar surface area (TPSA) is 90.9 Å². The highest BCUT2D eigenvalue weighted by Crippen LogP contribution is 2.11. The molecule has 2 aromatic heterocycles. The van der Waals surface area contributed by atoms with Gasteiger partial charge in [-0.25, -0.2) is 18.7 Å². The Morgan fingerprint density at radius 3 is 2.53 bits per heavy atom. The van der Waals surface area contributed by atoms with Crippen molar-refractivity contribution in [2.24, 2.45) is 0 Å². The fraction of sp³-hybridized carbons (Fsp3) is 0.429. The van der Waals surface area contributed by atoms with E-state index >= 15 is 0 Å². The number of imidazole rings is 1. The number of hydrogen-bond acceptors (Lipinski definition) is 4. The molecule has 0 radical (unpaired) electrons. The average Bonchev–Trinajstić information content (AvgIpc) is 3.13. The van der Waals surface area contributed by atoms with Crippen molar-refractivity contribution in [3.63, 3.8) is 0 Å². The summed E-state index contributed by atoms with van der Waals surface area (Å²) in [5.41, 5.74) is -0.204. The summed E-state index contributed by atoms with van der Waals surface area (Å²) in [6.07, 6.45) is 4.98. The highest BCUT2D eigenvalue weighted by Gasteiger charge is 2.19. The van der Waals surface area contributed by atoms with E-state index in [4.69, 9.17) is 0 Å². The van der Waals surface area contributed by atoms with Crippen LogP contribution in [0.1, 0.15) is 39.5 Å². The Hall–Kier alpha value is -3.23. The summed E-state index contributed by atoms with van der Waals surface area (Å²) in [6.45, 7) is 4.59.